The zero-order valence-corrected chi connectivity index (χ0v) is 14.0. The molecule has 0 saturated heterocycles. The molecular weight excluding hydrogens is 281 g/mol. The Morgan fingerprint density at radius 1 is 1.48 bits per heavy atom. The van der Waals surface area contributed by atoms with Crippen molar-refractivity contribution in [2.45, 2.75) is 32.1 Å². The Kier molecular flexibility index (Phi) is 5.75. The molecule has 1 aromatic heterocycles. The maximum absolute atomic E-state index is 11.7. The van der Waals surface area contributed by atoms with Gasteiger partial charge in [0, 0.05) is 39.0 Å². The van der Waals surface area contributed by atoms with Gasteiger partial charge in [0.2, 0.25) is 0 Å². The first kappa shape index (κ1) is 16.0. The van der Waals surface area contributed by atoms with E-state index in [9.17, 15) is 4.79 Å². The van der Waals surface area contributed by atoms with E-state index in [0.717, 1.165) is 37.3 Å². The van der Waals surface area contributed by atoms with Crippen LogP contribution in [0.3, 0.4) is 0 Å². The molecule has 0 N–H and O–H groups in total. The first-order valence-corrected chi connectivity index (χ1v) is 7.96. The van der Waals surface area contributed by atoms with E-state index in [1.807, 2.05) is 19.0 Å². The van der Waals surface area contributed by atoms with Crippen LogP contribution in [-0.2, 0) is 17.6 Å². The number of anilines is 1. The van der Waals surface area contributed by atoms with Crippen molar-refractivity contribution in [3.8, 4) is 0 Å². The number of aromatic nitrogens is 1. The molecule has 0 saturated carbocycles. The van der Waals surface area contributed by atoms with Crippen molar-refractivity contribution in [2.75, 3.05) is 25.3 Å². The highest BCUT2D eigenvalue weighted by atomic mass is 31.0. The smallest absolute Gasteiger partial charge is 0.157 e. The largest absolute Gasteiger partial charge is 0.383 e. The topological polar surface area (TPSA) is 36.4 Å². The molecule has 1 aliphatic heterocycles. The van der Waals surface area contributed by atoms with E-state index in [-0.39, 0.29) is 5.78 Å². The molecule has 2 rings (SSSR count). The van der Waals surface area contributed by atoms with Crippen LogP contribution in [0.15, 0.2) is 24.4 Å². The van der Waals surface area contributed by atoms with Gasteiger partial charge in [-0.05, 0) is 52.8 Å². The maximum atomic E-state index is 11.7. The predicted molar refractivity (Wildman–Crippen MR) is 90.4 cm³/mol. The van der Waals surface area contributed by atoms with Crippen molar-refractivity contribution in [3.05, 3.63) is 35.7 Å². The number of carbonyl (C=O) groups is 1. The van der Waals surface area contributed by atoms with Crippen LogP contribution in [0.2, 0.25) is 0 Å². The van der Waals surface area contributed by atoms with Crippen molar-refractivity contribution in [3.63, 3.8) is 0 Å². The number of nitrogens with zero attached hydrogens (tertiary/aromatic N) is 3. The third kappa shape index (κ3) is 4.82. The lowest BCUT2D eigenvalue weighted by Crippen LogP contribution is -2.20. The van der Waals surface area contributed by atoms with Gasteiger partial charge in [0.25, 0.3) is 0 Å². The average Bonchev–Trinajstić information content (AvgIpc) is 2.46. The normalized spacial score (nSPS) is 14.3. The molecule has 0 bridgehead atoms. The standard InChI is InChI=1S/C16H24N3OP/c1-18(2)12-10-15(20)7-3-6-14-9-8-13-5-4-11-19(21)16(13)17-14/h8-10,12H,3-7,11,21H2,1-2H3/b12-10+. The minimum Gasteiger partial charge on any atom is -0.383 e. The van der Waals surface area contributed by atoms with Gasteiger partial charge in [-0.1, -0.05) is 6.07 Å². The van der Waals surface area contributed by atoms with Crippen LogP contribution in [0, 0.1) is 0 Å². The van der Waals surface area contributed by atoms with E-state index < -0.39 is 0 Å². The Labute approximate surface area is 129 Å². The lowest BCUT2D eigenvalue weighted by Gasteiger charge is -2.26. The molecule has 2 heterocycles. The van der Waals surface area contributed by atoms with Crippen molar-refractivity contribution in [2.24, 2.45) is 0 Å². The summed E-state index contributed by atoms with van der Waals surface area (Å²) in [6, 6.07) is 4.28. The fourth-order valence-electron chi connectivity index (χ4n) is 2.40. The van der Waals surface area contributed by atoms with Crippen LogP contribution in [0.4, 0.5) is 5.82 Å². The number of fused-ring (bicyclic) bond motifs is 1. The van der Waals surface area contributed by atoms with Gasteiger partial charge in [-0.3, -0.25) is 4.79 Å². The maximum Gasteiger partial charge on any atom is 0.157 e. The van der Waals surface area contributed by atoms with Gasteiger partial charge in [0.15, 0.2) is 5.78 Å². The molecule has 0 aliphatic carbocycles. The Morgan fingerprint density at radius 3 is 3.05 bits per heavy atom. The first-order chi connectivity index (χ1) is 10.1. The molecule has 1 aromatic rings. The second kappa shape index (κ2) is 7.56. The third-order valence-electron chi connectivity index (χ3n) is 3.55. The highest BCUT2D eigenvalue weighted by molar-refractivity contribution is 7.19. The molecule has 0 radical (unpaired) electrons. The minimum absolute atomic E-state index is 0.175. The van der Waals surface area contributed by atoms with Crippen LogP contribution in [0.5, 0.6) is 0 Å². The van der Waals surface area contributed by atoms with Gasteiger partial charge in [-0.15, -0.1) is 0 Å². The summed E-state index contributed by atoms with van der Waals surface area (Å²) in [6.45, 7) is 1.04. The molecule has 4 nitrogen and oxygen atoms in total. The molecule has 114 valence electrons. The van der Waals surface area contributed by atoms with Gasteiger partial charge < -0.3 is 9.57 Å². The summed E-state index contributed by atoms with van der Waals surface area (Å²) in [7, 11) is 6.57. The SMILES string of the molecule is CN(C)/C=C/C(=O)CCCc1ccc2c(n1)N(P)CCC2. The number of rotatable bonds is 6. The molecule has 0 fully saturated rings. The van der Waals surface area contributed by atoms with Crippen molar-refractivity contribution in [1.29, 1.82) is 0 Å². The van der Waals surface area contributed by atoms with Gasteiger partial charge in [0.05, 0.1) is 0 Å². The van der Waals surface area contributed by atoms with E-state index in [2.05, 4.69) is 26.2 Å². The molecular formula is C16H24N3OP. The van der Waals surface area contributed by atoms with Crippen LogP contribution < -0.4 is 4.67 Å². The summed E-state index contributed by atoms with van der Waals surface area (Å²) in [5.41, 5.74) is 2.40. The fraction of sp³-hybridized carbons (Fsp3) is 0.500. The van der Waals surface area contributed by atoms with Crippen LogP contribution in [0.1, 0.15) is 30.5 Å². The molecule has 1 atom stereocenters. The Hall–Kier alpha value is -1.41. The number of hydrogen-bond donors (Lipinski definition) is 0. The van der Waals surface area contributed by atoms with Crippen molar-refractivity contribution in [1.82, 2.24) is 9.88 Å². The van der Waals surface area contributed by atoms with E-state index in [1.54, 1.807) is 12.3 Å². The van der Waals surface area contributed by atoms with Crippen molar-refractivity contribution >= 4 is 21.0 Å². The lowest BCUT2D eigenvalue weighted by atomic mass is 10.1. The van der Waals surface area contributed by atoms with Gasteiger partial charge in [0.1, 0.15) is 5.82 Å². The summed E-state index contributed by atoms with van der Waals surface area (Å²) in [4.78, 5) is 18.3. The lowest BCUT2D eigenvalue weighted by molar-refractivity contribution is -0.114. The number of hydrogen-bond acceptors (Lipinski definition) is 4. The summed E-state index contributed by atoms with van der Waals surface area (Å²) in [5.74, 6) is 1.26. The summed E-state index contributed by atoms with van der Waals surface area (Å²) < 4.78 is 2.15. The van der Waals surface area contributed by atoms with Crippen LogP contribution in [-0.4, -0.2) is 36.3 Å². The molecule has 21 heavy (non-hydrogen) atoms. The first-order valence-electron chi connectivity index (χ1n) is 7.45. The second-order valence-electron chi connectivity index (χ2n) is 5.68. The molecule has 0 amide bonds. The number of allylic oxidation sites excluding steroid dienone is 1. The van der Waals surface area contributed by atoms with Gasteiger partial charge in [-0.2, -0.15) is 0 Å². The highest BCUT2D eigenvalue weighted by Gasteiger charge is 2.15. The Balaban J connectivity index is 1.87. The summed E-state index contributed by atoms with van der Waals surface area (Å²) in [6.07, 6.45) is 8.02. The van der Waals surface area contributed by atoms with Crippen LogP contribution in [0.25, 0.3) is 0 Å². The molecule has 0 spiro atoms. The number of pyridine rings is 1. The molecule has 1 unspecified atom stereocenters. The minimum atomic E-state index is 0.175. The highest BCUT2D eigenvalue weighted by Crippen LogP contribution is 2.27. The third-order valence-corrected chi connectivity index (χ3v) is 4.05. The number of aryl methyl sites for hydroxylation is 2. The molecule has 5 heteroatoms. The van der Waals surface area contributed by atoms with Gasteiger partial charge >= 0.3 is 0 Å². The summed E-state index contributed by atoms with van der Waals surface area (Å²) >= 11 is 0. The second-order valence-corrected chi connectivity index (χ2v) is 6.30. The zero-order chi connectivity index (χ0) is 15.2. The zero-order valence-electron chi connectivity index (χ0n) is 12.9. The van der Waals surface area contributed by atoms with E-state index >= 15 is 0 Å². The fourth-order valence-corrected chi connectivity index (χ4v) is 2.81. The van der Waals surface area contributed by atoms with E-state index in [4.69, 9.17) is 4.98 Å². The Morgan fingerprint density at radius 2 is 2.29 bits per heavy atom. The monoisotopic (exact) mass is 305 g/mol. The number of carbonyl (C=O) groups excluding carboxylic acids is 1. The number of ketones is 1. The summed E-state index contributed by atoms with van der Waals surface area (Å²) in [5, 5.41) is 0. The van der Waals surface area contributed by atoms with E-state index in [0.29, 0.717) is 6.42 Å². The molecule has 1 aliphatic rings. The predicted octanol–water partition coefficient (Wildman–Crippen LogP) is 2.59. The average molecular weight is 305 g/mol. The Bertz CT molecular complexity index is 528. The quantitative estimate of drug-likeness (QED) is 0.598. The van der Waals surface area contributed by atoms with Crippen LogP contribution >= 0.6 is 9.39 Å². The van der Waals surface area contributed by atoms with E-state index in [1.165, 1.54) is 12.0 Å². The molecule has 0 aromatic carbocycles. The van der Waals surface area contributed by atoms with Gasteiger partial charge in [-0.25, -0.2) is 4.98 Å². The van der Waals surface area contributed by atoms with Crippen molar-refractivity contribution < 1.29 is 4.79 Å².